The summed E-state index contributed by atoms with van der Waals surface area (Å²) in [4.78, 5) is 18.8. The molecule has 2 N–H and O–H groups in total. The van der Waals surface area contributed by atoms with Gasteiger partial charge in [-0.1, -0.05) is 0 Å². The second kappa shape index (κ2) is 5.52. The predicted octanol–water partition coefficient (Wildman–Crippen LogP) is 2.57. The summed E-state index contributed by atoms with van der Waals surface area (Å²) in [6.07, 6.45) is 3.17. The molecule has 0 amide bonds. The van der Waals surface area contributed by atoms with Crippen LogP contribution in [0.5, 0.6) is 5.75 Å². The van der Waals surface area contributed by atoms with Crippen molar-refractivity contribution < 1.29 is 10.0 Å². The molecule has 1 aromatic carbocycles. The molecule has 2 rings (SSSR count). The zero-order valence-electron chi connectivity index (χ0n) is 11.1. The van der Waals surface area contributed by atoms with Gasteiger partial charge in [0.05, 0.1) is 28.4 Å². The molecule has 104 valence electrons. The second-order valence-electron chi connectivity index (χ2n) is 4.35. The van der Waals surface area contributed by atoms with Crippen molar-refractivity contribution in [3.63, 3.8) is 0 Å². The average Bonchev–Trinajstić information content (AvgIpc) is 2.41. The van der Waals surface area contributed by atoms with Gasteiger partial charge in [0.2, 0.25) is 0 Å². The lowest BCUT2D eigenvalue weighted by molar-refractivity contribution is -0.384. The van der Waals surface area contributed by atoms with E-state index in [-0.39, 0.29) is 17.5 Å². The Morgan fingerprint density at radius 1 is 1.35 bits per heavy atom. The highest BCUT2D eigenvalue weighted by atomic mass is 16.6. The number of nitro groups is 1. The van der Waals surface area contributed by atoms with Crippen molar-refractivity contribution in [1.82, 2.24) is 9.97 Å². The van der Waals surface area contributed by atoms with Crippen LogP contribution in [0.25, 0.3) is 0 Å². The van der Waals surface area contributed by atoms with Crippen molar-refractivity contribution in [2.24, 2.45) is 0 Å². The molecule has 7 nitrogen and oxygen atoms in total. The Balaban J connectivity index is 2.31. The minimum Gasteiger partial charge on any atom is -0.508 e. The molecule has 1 aromatic heterocycles. The molecule has 0 aliphatic rings. The molecule has 7 heteroatoms. The average molecular weight is 274 g/mol. The second-order valence-corrected chi connectivity index (χ2v) is 4.35. The Morgan fingerprint density at radius 2 is 2.05 bits per heavy atom. The molecule has 0 bridgehead atoms. The minimum absolute atomic E-state index is 0.148. The van der Waals surface area contributed by atoms with Gasteiger partial charge in [-0.2, -0.15) is 0 Å². The van der Waals surface area contributed by atoms with E-state index in [9.17, 15) is 15.2 Å². The number of nitrogens with zero attached hydrogens (tertiary/aromatic N) is 3. The summed E-state index contributed by atoms with van der Waals surface area (Å²) in [5.74, 6) is -0.148. The first-order valence-electron chi connectivity index (χ1n) is 6.00. The van der Waals surface area contributed by atoms with Crippen LogP contribution in [0.4, 0.5) is 11.4 Å². The number of aromatic hydroxyl groups is 1. The summed E-state index contributed by atoms with van der Waals surface area (Å²) in [7, 11) is 0. The van der Waals surface area contributed by atoms with Crippen LogP contribution in [-0.4, -0.2) is 20.0 Å². The van der Waals surface area contributed by atoms with Crippen molar-refractivity contribution in [1.29, 1.82) is 0 Å². The van der Waals surface area contributed by atoms with E-state index in [4.69, 9.17) is 0 Å². The smallest absolute Gasteiger partial charge is 0.296 e. The minimum atomic E-state index is -0.543. The molecule has 20 heavy (non-hydrogen) atoms. The van der Waals surface area contributed by atoms with Gasteiger partial charge in [-0.05, 0) is 26.0 Å². The lowest BCUT2D eigenvalue weighted by atomic mass is 10.1. The van der Waals surface area contributed by atoms with Crippen LogP contribution in [0, 0.1) is 17.0 Å². The molecule has 0 saturated carbocycles. The fourth-order valence-corrected chi connectivity index (χ4v) is 1.94. The third-order valence-electron chi connectivity index (χ3n) is 2.88. The summed E-state index contributed by atoms with van der Waals surface area (Å²) in [6.45, 7) is 3.67. The molecular formula is C13H14N4O3. The summed E-state index contributed by atoms with van der Waals surface area (Å²) in [6, 6.07) is 3.73. The molecule has 1 atom stereocenters. The first-order valence-corrected chi connectivity index (χ1v) is 6.00. The van der Waals surface area contributed by atoms with E-state index in [1.165, 1.54) is 12.1 Å². The van der Waals surface area contributed by atoms with Crippen LogP contribution in [0.15, 0.2) is 30.6 Å². The van der Waals surface area contributed by atoms with Gasteiger partial charge >= 0.3 is 0 Å². The van der Waals surface area contributed by atoms with Crippen molar-refractivity contribution in [3.8, 4) is 5.75 Å². The zero-order chi connectivity index (χ0) is 14.7. The monoisotopic (exact) mass is 274 g/mol. The molecule has 1 unspecified atom stereocenters. The van der Waals surface area contributed by atoms with Crippen LogP contribution in [0.3, 0.4) is 0 Å². The van der Waals surface area contributed by atoms with Gasteiger partial charge in [-0.3, -0.25) is 20.1 Å². The molecule has 0 aliphatic heterocycles. The fourth-order valence-electron chi connectivity index (χ4n) is 1.94. The normalized spacial score (nSPS) is 11.9. The topological polar surface area (TPSA) is 101 Å². The van der Waals surface area contributed by atoms with E-state index in [0.29, 0.717) is 5.69 Å². The van der Waals surface area contributed by atoms with Crippen LogP contribution in [-0.2, 0) is 0 Å². The van der Waals surface area contributed by atoms with Crippen molar-refractivity contribution in [2.45, 2.75) is 19.9 Å². The number of phenols is 1. The van der Waals surface area contributed by atoms with E-state index in [1.54, 1.807) is 12.4 Å². The number of nitrogens with one attached hydrogen (secondary N) is 1. The zero-order valence-corrected chi connectivity index (χ0v) is 11.1. The third-order valence-corrected chi connectivity index (χ3v) is 2.88. The van der Waals surface area contributed by atoms with Gasteiger partial charge in [-0.15, -0.1) is 0 Å². The molecule has 0 radical (unpaired) electrons. The molecule has 0 saturated heterocycles. The number of rotatable bonds is 4. The Morgan fingerprint density at radius 3 is 2.70 bits per heavy atom. The highest BCUT2D eigenvalue weighted by Crippen LogP contribution is 2.31. The Labute approximate surface area is 115 Å². The lowest BCUT2D eigenvalue weighted by Gasteiger charge is -2.16. The highest BCUT2D eigenvalue weighted by Gasteiger charge is 2.18. The van der Waals surface area contributed by atoms with Gasteiger partial charge in [0.1, 0.15) is 11.4 Å². The first-order chi connectivity index (χ1) is 9.49. The maximum atomic E-state index is 11.0. The SMILES string of the molecule is Cc1nccnc1C(C)Nc1ccc(O)cc1[N+](=O)[O-]. The molecule has 0 aliphatic carbocycles. The quantitative estimate of drug-likeness (QED) is 0.504. The fraction of sp³-hybridized carbons (Fsp3) is 0.231. The first kappa shape index (κ1) is 13.7. The Hall–Kier alpha value is -2.70. The molecule has 0 fully saturated rings. The lowest BCUT2D eigenvalue weighted by Crippen LogP contribution is -2.12. The molecular weight excluding hydrogens is 260 g/mol. The van der Waals surface area contributed by atoms with E-state index in [2.05, 4.69) is 15.3 Å². The standard InChI is InChI=1S/C13H14N4O3/c1-8-13(15-6-5-14-8)9(2)16-11-4-3-10(18)7-12(11)17(19)20/h3-7,9,16,18H,1-2H3. The highest BCUT2D eigenvalue weighted by molar-refractivity contribution is 5.64. The van der Waals surface area contributed by atoms with Gasteiger partial charge in [0, 0.05) is 12.4 Å². The van der Waals surface area contributed by atoms with E-state index in [0.717, 1.165) is 17.5 Å². The van der Waals surface area contributed by atoms with Crippen molar-refractivity contribution >= 4 is 11.4 Å². The summed E-state index contributed by atoms with van der Waals surface area (Å²) >= 11 is 0. The van der Waals surface area contributed by atoms with Gasteiger partial charge in [-0.25, -0.2) is 0 Å². The number of phenolic OH excluding ortho intramolecular Hbond substituents is 1. The Bertz CT molecular complexity index is 645. The van der Waals surface area contributed by atoms with Crippen molar-refractivity contribution in [3.05, 3.63) is 52.1 Å². The van der Waals surface area contributed by atoms with E-state index < -0.39 is 4.92 Å². The summed E-state index contributed by atoms with van der Waals surface area (Å²) < 4.78 is 0. The van der Waals surface area contributed by atoms with Crippen molar-refractivity contribution in [2.75, 3.05) is 5.32 Å². The van der Waals surface area contributed by atoms with E-state index >= 15 is 0 Å². The number of aryl methyl sites for hydroxylation is 1. The number of benzene rings is 1. The largest absolute Gasteiger partial charge is 0.508 e. The van der Waals surface area contributed by atoms with Gasteiger partial charge in [0.25, 0.3) is 5.69 Å². The maximum absolute atomic E-state index is 11.0. The van der Waals surface area contributed by atoms with Crippen LogP contribution >= 0.6 is 0 Å². The molecule has 2 aromatic rings. The number of hydrogen-bond donors (Lipinski definition) is 2. The van der Waals surface area contributed by atoms with Crippen LogP contribution in [0.2, 0.25) is 0 Å². The number of anilines is 1. The van der Waals surface area contributed by atoms with Gasteiger partial charge < -0.3 is 10.4 Å². The Kier molecular flexibility index (Phi) is 3.79. The summed E-state index contributed by atoms with van der Waals surface area (Å²) in [5, 5.41) is 23.3. The summed E-state index contributed by atoms with van der Waals surface area (Å²) in [5.41, 5.74) is 1.62. The number of nitro benzene ring substituents is 1. The maximum Gasteiger partial charge on any atom is 0.296 e. The number of hydrogen-bond acceptors (Lipinski definition) is 6. The van der Waals surface area contributed by atoms with Crippen LogP contribution < -0.4 is 5.32 Å². The number of aromatic nitrogens is 2. The van der Waals surface area contributed by atoms with Gasteiger partial charge in [0.15, 0.2) is 0 Å². The van der Waals surface area contributed by atoms with E-state index in [1.807, 2.05) is 13.8 Å². The molecule has 1 heterocycles. The third kappa shape index (κ3) is 2.82. The van der Waals surface area contributed by atoms with Crippen LogP contribution in [0.1, 0.15) is 24.4 Å². The molecule has 0 spiro atoms. The predicted molar refractivity (Wildman–Crippen MR) is 73.6 cm³/mol.